The lowest BCUT2D eigenvalue weighted by Gasteiger charge is -2.40. The van der Waals surface area contributed by atoms with Crippen molar-refractivity contribution in [3.8, 4) is 0 Å². The summed E-state index contributed by atoms with van der Waals surface area (Å²) >= 11 is 0. The van der Waals surface area contributed by atoms with Crippen molar-refractivity contribution >= 4 is 5.91 Å². The van der Waals surface area contributed by atoms with E-state index in [1.54, 1.807) is 0 Å². The molecule has 3 heteroatoms. The van der Waals surface area contributed by atoms with Crippen LogP contribution in [0.5, 0.6) is 0 Å². The van der Waals surface area contributed by atoms with E-state index in [2.05, 4.69) is 11.8 Å². The zero-order valence-electron chi connectivity index (χ0n) is 10.3. The molecule has 0 spiro atoms. The summed E-state index contributed by atoms with van der Waals surface area (Å²) in [4.78, 5) is 13.8. The van der Waals surface area contributed by atoms with Gasteiger partial charge >= 0.3 is 0 Å². The number of rotatable bonds is 2. The maximum atomic E-state index is 11.2. The smallest absolute Gasteiger partial charge is 0.221 e. The SMILES string of the molecule is C[C@@H]1CCC[C@@H](N2CCC[C@H](C(N)=O)C2)C1. The van der Waals surface area contributed by atoms with E-state index in [4.69, 9.17) is 5.73 Å². The summed E-state index contributed by atoms with van der Waals surface area (Å²) < 4.78 is 0. The van der Waals surface area contributed by atoms with E-state index >= 15 is 0 Å². The summed E-state index contributed by atoms with van der Waals surface area (Å²) in [5.74, 6) is 0.854. The number of nitrogens with zero attached hydrogens (tertiary/aromatic N) is 1. The lowest BCUT2D eigenvalue weighted by molar-refractivity contribution is -0.123. The summed E-state index contributed by atoms with van der Waals surface area (Å²) in [5, 5.41) is 0. The molecule has 3 atom stereocenters. The maximum absolute atomic E-state index is 11.2. The predicted octanol–water partition coefficient (Wildman–Crippen LogP) is 1.76. The number of likely N-dealkylation sites (tertiary alicyclic amines) is 1. The van der Waals surface area contributed by atoms with Gasteiger partial charge < -0.3 is 5.73 Å². The van der Waals surface area contributed by atoms with E-state index in [0.29, 0.717) is 6.04 Å². The van der Waals surface area contributed by atoms with Gasteiger partial charge in [-0.25, -0.2) is 0 Å². The summed E-state index contributed by atoms with van der Waals surface area (Å²) in [7, 11) is 0. The second kappa shape index (κ2) is 5.17. The molecule has 0 bridgehead atoms. The van der Waals surface area contributed by atoms with Crippen LogP contribution in [0, 0.1) is 11.8 Å². The maximum Gasteiger partial charge on any atom is 0.221 e. The molecule has 92 valence electrons. The summed E-state index contributed by atoms with van der Waals surface area (Å²) in [6.07, 6.45) is 7.49. The fraction of sp³-hybridized carbons (Fsp3) is 0.923. The Hall–Kier alpha value is -0.570. The van der Waals surface area contributed by atoms with Crippen molar-refractivity contribution in [1.82, 2.24) is 4.90 Å². The molecule has 0 unspecified atom stereocenters. The first-order valence-electron chi connectivity index (χ1n) is 6.70. The van der Waals surface area contributed by atoms with E-state index in [0.717, 1.165) is 25.3 Å². The third-order valence-corrected chi connectivity index (χ3v) is 4.28. The van der Waals surface area contributed by atoms with Crippen molar-refractivity contribution in [2.75, 3.05) is 13.1 Å². The average molecular weight is 224 g/mol. The molecule has 0 aromatic carbocycles. The fourth-order valence-corrected chi connectivity index (χ4v) is 3.30. The number of hydrogen-bond acceptors (Lipinski definition) is 2. The van der Waals surface area contributed by atoms with Gasteiger partial charge in [0.15, 0.2) is 0 Å². The Morgan fingerprint density at radius 2 is 2.06 bits per heavy atom. The van der Waals surface area contributed by atoms with Gasteiger partial charge in [-0.3, -0.25) is 9.69 Å². The average Bonchev–Trinajstić information content (AvgIpc) is 2.29. The highest BCUT2D eigenvalue weighted by Gasteiger charge is 2.30. The number of primary amides is 1. The third-order valence-electron chi connectivity index (χ3n) is 4.28. The second-order valence-corrected chi connectivity index (χ2v) is 5.66. The van der Waals surface area contributed by atoms with Gasteiger partial charge in [-0.15, -0.1) is 0 Å². The molecule has 3 nitrogen and oxygen atoms in total. The van der Waals surface area contributed by atoms with Gasteiger partial charge in [-0.2, -0.15) is 0 Å². The third kappa shape index (κ3) is 2.76. The summed E-state index contributed by atoms with van der Waals surface area (Å²) in [6, 6.07) is 0.714. The van der Waals surface area contributed by atoms with Crippen LogP contribution in [-0.4, -0.2) is 29.9 Å². The van der Waals surface area contributed by atoms with Crippen LogP contribution in [0.1, 0.15) is 45.4 Å². The van der Waals surface area contributed by atoms with E-state index in [-0.39, 0.29) is 11.8 Å². The van der Waals surface area contributed by atoms with Gasteiger partial charge in [0.25, 0.3) is 0 Å². The molecule has 2 aliphatic rings. The molecule has 2 fully saturated rings. The minimum Gasteiger partial charge on any atom is -0.369 e. The molecule has 2 N–H and O–H groups in total. The topological polar surface area (TPSA) is 46.3 Å². The van der Waals surface area contributed by atoms with Crippen molar-refractivity contribution in [2.45, 2.75) is 51.5 Å². The Morgan fingerprint density at radius 1 is 1.25 bits per heavy atom. The lowest BCUT2D eigenvalue weighted by Crippen LogP contribution is -2.47. The molecule has 1 heterocycles. The van der Waals surface area contributed by atoms with Crippen LogP contribution in [0.15, 0.2) is 0 Å². The monoisotopic (exact) mass is 224 g/mol. The highest BCUT2D eigenvalue weighted by atomic mass is 16.1. The second-order valence-electron chi connectivity index (χ2n) is 5.66. The number of carbonyl (C=O) groups is 1. The largest absolute Gasteiger partial charge is 0.369 e. The molecular weight excluding hydrogens is 200 g/mol. The van der Waals surface area contributed by atoms with Crippen LogP contribution in [0.3, 0.4) is 0 Å². The molecule has 1 amide bonds. The Kier molecular flexibility index (Phi) is 3.85. The minimum absolute atomic E-state index is 0.103. The molecule has 0 aromatic rings. The molecule has 1 saturated heterocycles. The number of amides is 1. The van der Waals surface area contributed by atoms with Gasteiger partial charge in [0, 0.05) is 12.6 Å². The van der Waals surface area contributed by atoms with Crippen molar-refractivity contribution in [2.24, 2.45) is 17.6 Å². The van der Waals surface area contributed by atoms with Crippen LogP contribution in [-0.2, 0) is 4.79 Å². The molecule has 1 aliphatic carbocycles. The normalized spacial score (nSPS) is 37.2. The quantitative estimate of drug-likeness (QED) is 0.777. The Morgan fingerprint density at radius 3 is 2.75 bits per heavy atom. The highest BCUT2D eigenvalue weighted by molar-refractivity contribution is 5.76. The Balaban J connectivity index is 1.90. The van der Waals surface area contributed by atoms with Gasteiger partial charge in [0.05, 0.1) is 5.92 Å². The molecule has 1 saturated carbocycles. The molecule has 16 heavy (non-hydrogen) atoms. The predicted molar refractivity (Wildman–Crippen MR) is 64.9 cm³/mol. The van der Waals surface area contributed by atoms with Gasteiger partial charge in [0.1, 0.15) is 0 Å². The Labute approximate surface area is 98.4 Å². The van der Waals surface area contributed by atoms with Gasteiger partial charge in [-0.1, -0.05) is 19.8 Å². The van der Waals surface area contributed by atoms with Crippen molar-refractivity contribution in [3.63, 3.8) is 0 Å². The molecular formula is C13H24N2O. The van der Waals surface area contributed by atoms with Crippen LogP contribution < -0.4 is 5.73 Å². The van der Waals surface area contributed by atoms with Gasteiger partial charge in [0.2, 0.25) is 5.91 Å². The zero-order chi connectivity index (χ0) is 11.5. The molecule has 0 aromatic heterocycles. The van der Waals surface area contributed by atoms with Crippen LogP contribution >= 0.6 is 0 Å². The van der Waals surface area contributed by atoms with Gasteiger partial charge in [-0.05, 0) is 38.1 Å². The van der Waals surface area contributed by atoms with E-state index in [9.17, 15) is 4.79 Å². The highest BCUT2D eigenvalue weighted by Crippen LogP contribution is 2.30. The van der Waals surface area contributed by atoms with Crippen LogP contribution in [0.4, 0.5) is 0 Å². The first-order valence-corrected chi connectivity index (χ1v) is 6.70. The van der Waals surface area contributed by atoms with Crippen molar-refractivity contribution in [3.05, 3.63) is 0 Å². The summed E-state index contributed by atoms with van der Waals surface area (Å²) in [6.45, 7) is 4.43. The standard InChI is InChI=1S/C13H24N2O/c1-10-4-2-6-12(8-10)15-7-3-5-11(9-15)13(14)16/h10-12H,2-9H2,1H3,(H2,14,16)/t10-,11+,12-/m1/s1. The van der Waals surface area contributed by atoms with E-state index < -0.39 is 0 Å². The number of hydrogen-bond donors (Lipinski definition) is 1. The van der Waals surface area contributed by atoms with E-state index in [1.807, 2.05) is 0 Å². The lowest BCUT2D eigenvalue weighted by atomic mass is 9.84. The first-order chi connectivity index (χ1) is 7.66. The Bertz CT molecular complexity index is 254. The molecule has 0 radical (unpaired) electrons. The number of carbonyl (C=O) groups excluding carboxylic acids is 1. The summed E-state index contributed by atoms with van der Waals surface area (Å²) in [5.41, 5.74) is 5.42. The zero-order valence-corrected chi connectivity index (χ0v) is 10.3. The van der Waals surface area contributed by atoms with Crippen LogP contribution in [0.2, 0.25) is 0 Å². The van der Waals surface area contributed by atoms with Crippen LogP contribution in [0.25, 0.3) is 0 Å². The van der Waals surface area contributed by atoms with Crippen molar-refractivity contribution in [1.29, 1.82) is 0 Å². The molecule has 1 aliphatic heterocycles. The molecule has 2 rings (SSSR count). The first kappa shape index (κ1) is 11.9. The van der Waals surface area contributed by atoms with E-state index in [1.165, 1.54) is 32.2 Å². The fourth-order valence-electron chi connectivity index (χ4n) is 3.30. The minimum atomic E-state index is -0.103. The number of nitrogens with two attached hydrogens (primary N) is 1. The van der Waals surface area contributed by atoms with Crippen molar-refractivity contribution < 1.29 is 4.79 Å². The number of piperidine rings is 1.